The molecule has 1 aromatic carbocycles. The van der Waals surface area contributed by atoms with Gasteiger partial charge in [0.2, 0.25) is 5.91 Å². The number of nitrogens with zero attached hydrogens (tertiary/aromatic N) is 2. The fraction of sp³-hybridized carbons (Fsp3) is 0.375. The molecule has 0 unspecified atom stereocenters. The first-order chi connectivity index (χ1) is 11.3. The summed E-state index contributed by atoms with van der Waals surface area (Å²) in [4.78, 5) is 40.0. The fourth-order valence-corrected chi connectivity index (χ4v) is 3.12. The number of primary amides is 1. The summed E-state index contributed by atoms with van der Waals surface area (Å²) in [5.74, 6) is -0.286. The lowest BCUT2D eigenvalue weighted by Gasteiger charge is -2.17. The standard InChI is InChI=1S/C16H20N4O3S/c1-9(2)8-20-14(22)11-6-4-5-7-12(11)18-16(20)24-10(3)13(21)19-15(17)23/h4-7,9-10H,8H2,1-3H3,(H3,17,19,21,23)/t10-/m0/s1. The Labute approximate surface area is 143 Å². The summed E-state index contributed by atoms with van der Waals surface area (Å²) in [5, 5.41) is 2.40. The Bertz CT molecular complexity index is 832. The van der Waals surface area contributed by atoms with E-state index in [0.29, 0.717) is 22.6 Å². The van der Waals surface area contributed by atoms with Crippen LogP contribution in [0.15, 0.2) is 34.2 Å². The van der Waals surface area contributed by atoms with Crippen molar-refractivity contribution in [3.8, 4) is 0 Å². The second-order valence-electron chi connectivity index (χ2n) is 5.83. The van der Waals surface area contributed by atoms with Gasteiger partial charge in [-0.3, -0.25) is 19.5 Å². The van der Waals surface area contributed by atoms with Gasteiger partial charge in [-0.15, -0.1) is 0 Å². The van der Waals surface area contributed by atoms with Gasteiger partial charge in [0.25, 0.3) is 5.56 Å². The molecule has 3 amide bonds. The van der Waals surface area contributed by atoms with Crippen LogP contribution in [0.1, 0.15) is 20.8 Å². The number of hydrogen-bond acceptors (Lipinski definition) is 5. The molecule has 2 aromatic rings. The van der Waals surface area contributed by atoms with E-state index >= 15 is 0 Å². The van der Waals surface area contributed by atoms with Crippen LogP contribution in [0.5, 0.6) is 0 Å². The Morgan fingerprint density at radius 3 is 2.58 bits per heavy atom. The molecule has 0 saturated carbocycles. The van der Waals surface area contributed by atoms with E-state index < -0.39 is 17.2 Å². The normalized spacial score (nSPS) is 12.3. The third-order valence-electron chi connectivity index (χ3n) is 3.27. The quantitative estimate of drug-likeness (QED) is 0.632. The van der Waals surface area contributed by atoms with E-state index in [9.17, 15) is 14.4 Å². The SMILES string of the molecule is CC(C)Cn1c(S[C@@H](C)C(=O)NC(N)=O)nc2ccccc2c1=O. The summed E-state index contributed by atoms with van der Waals surface area (Å²) >= 11 is 1.12. The number of urea groups is 1. The van der Waals surface area contributed by atoms with Gasteiger partial charge in [0, 0.05) is 6.54 Å². The van der Waals surface area contributed by atoms with Gasteiger partial charge < -0.3 is 5.73 Å². The number of thioether (sulfide) groups is 1. The summed E-state index contributed by atoms with van der Waals surface area (Å²) in [6.07, 6.45) is 0. The maximum atomic E-state index is 12.7. The van der Waals surface area contributed by atoms with Crippen molar-refractivity contribution < 1.29 is 9.59 Å². The Hall–Kier alpha value is -2.35. The molecule has 0 radical (unpaired) electrons. The molecule has 1 atom stereocenters. The number of fused-ring (bicyclic) bond motifs is 1. The zero-order valence-corrected chi connectivity index (χ0v) is 14.6. The van der Waals surface area contributed by atoms with Crippen molar-refractivity contribution in [1.29, 1.82) is 0 Å². The van der Waals surface area contributed by atoms with Crippen LogP contribution in [0.25, 0.3) is 10.9 Å². The number of benzene rings is 1. The summed E-state index contributed by atoms with van der Waals surface area (Å²) in [6, 6.07) is 6.19. The predicted octanol–water partition coefficient (Wildman–Crippen LogP) is 1.73. The second-order valence-corrected chi connectivity index (χ2v) is 7.14. The van der Waals surface area contributed by atoms with Gasteiger partial charge in [0.15, 0.2) is 5.16 Å². The number of nitrogens with one attached hydrogen (secondary N) is 1. The Morgan fingerprint density at radius 1 is 1.29 bits per heavy atom. The van der Waals surface area contributed by atoms with Crippen LogP contribution >= 0.6 is 11.8 Å². The number of nitrogens with two attached hydrogens (primary N) is 1. The first-order valence-corrected chi connectivity index (χ1v) is 8.44. The van der Waals surface area contributed by atoms with Crippen molar-refractivity contribution in [2.45, 2.75) is 37.7 Å². The summed E-state index contributed by atoms with van der Waals surface area (Å²) in [7, 11) is 0. The lowest BCUT2D eigenvalue weighted by atomic mass is 10.2. The molecule has 1 heterocycles. The number of amides is 3. The Kier molecular flexibility index (Phi) is 5.61. The topological polar surface area (TPSA) is 107 Å². The van der Waals surface area contributed by atoms with Gasteiger partial charge in [-0.05, 0) is 25.0 Å². The second kappa shape index (κ2) is 7.48. The van der Waals surface area contributed by atoms with Gasteiger partial charge >= 0.3 is 6.03 Å². The molecular weight excluding hydrogens is 328 g/mol. The number of aromatic nitrogens is 2. The van der Waals surface area contributed by atoms with Crippen LogP contribution in [0.2, 0.25) is 0 Å². The number of imide groups is 1. The summed E-state index contributed by atoms with van der Waals surface area (Å²) < 4.78 is 1.58. The van der Waals surface area contributed by atoms with Gasteiger partial charge in [0.05, 0.1) is 16.2 Å². The van der Waals surface area contributed by atoms with E-state index in [-0.39, 0.29) is 11.5 Å². The molecular formula is C16H20N4O3S. The van der Waals surface area contributed by atoms with E-state index in [4.69, 9.17) is 5.73 Å². The van der Waals surface area contributed by atoms with Crippen LogP contribution in [-0.4, -0.2) is 26.7 Å². The average molecular weight is 348 g/mol. The minimum absolute atomic E-state index is 0.140. The molecule has 3 N–H and O–H groups in total. The molecule has 128 valence electrons. The lowest BCUT2D eigenvalue weighted by Crippen LogP contribution is -2.39. The highest BCUT2D eigenvalue weighted by atomic mass is 32.2. The van der Waals surface area contributed by atoms with Crippen molar-refractivity contribution in [2.75, 3.05) is 0 Å². The van der Waals surface area contributed by atoms with Crippen LogP contribution in [0, 0.1) is 5.92 Å². The van der Waals surface area contributed by atoms with Gasteiger partial charge in [0.1, 0.15) is 0 Å². The van der Waals surface area contributed by atoms with E-state index in [2.05, 4.69) is 4.98 Å². The molecule has 0 saturated heterocycles. The van der Waals surface area contributed by atoms with Crippen LogP contribution in [0.4, 0.5) is 4.79 Å². The minimum atomic E-state index is -0.904. The average Bonchev–Trinajstić information content (AvgIpc) is 2.50. The van der Waals surface area contributed by atoms with Gasteiger partial charge in [-0.2, -0.15) is 0 Å². The number of carbonyl (C=O) groups is 2. The highest BCUT2D eigenvalue weighted by Gasteiger charge is 2.20. The molecule has 0 aliphatic heterocycles. The zero-order chi connectivity index (χ0) is 17.9. The molecule has 0 bridgehead atoms. The van der Waals surface area contributed by atoms with Crippen molar-refractivity contribution in [3.05, 3.63) is 34.6 Å². The molecule has 0 fully saturated rings. The predicted molar refractivity (Wildman–Crippen MR) is 93.9 cm³/mol. The smallest absolute Gasteiger partial charge is 0.318 e. The lowest BCUT2D eigenvalue weighted by molar-refractivity contribution is -0.119. The number of hydrogen-bond donors (Lipinski definition) is 2. The molecule has 0 spiro atoms. The Morgan fingerprint density at radius 2 is 1.96 bits per heavy atom. The van der Waals surface area contributed by atoms with Crippen LogP contribution in [-0.2, 0) is 11.3 Å². The first kappa shape index (κ1) is 18.0. The maximum Gasteiger partial charge on any atom is 0.318 e. The van der Waals surface area contributed by atoms with E-state index in [1.165, 1.54) is 0 Å². The van der Waals surface area contributed by atoms with Gasteiger partial charge in [-0.25, -0.2) is 9.78 Å². The number of carbonyl (C=O) groups excluding carboxylic acids is 2. The summed E-state index contributed by atoms with van der Waals surface area (Å²) in [5.41, 5.74) is 5.40. The monoisotopic (exact) mass is 348 g/mol. The molecule has 1 aromatic heterocycles. The fourth-order valence-electron chi connectivity index (χ4n) is 2.20. The van der Waals surface area contributed by atoms with E-state index in [1.807, 2.05) is 19.2 Å². The number of para-hydroxylation sites is 1. The van der Waals surface area contributed by atoms with Crippen LogP contribution in [0.3, 0.4) is 0 Å². The van der Waals surface area contributed by atoms with Crippen LogP contribution < -0.4 is 16.6 Å². The molecule has 8 heteroatoms. The number of rotatable bonds is 5. The first-order valence-electron chi connectivity index (χ1n) is 7.56. The molecule has 0 aliphatic carbocycles. The third kappa shape index (κ3) is 4.14. The van der Waals surface area contributed by atoms with Crippen molar-refractivity contribution in [2.24, 2.45) is 11.7 Å². The zero-order valence-electron chi connectivity index (χ0n) is 13.8. The molecule has 2 rings (SSSR count). The highest BCUT2D eigenvalue weighted by Crippen LogP contribution is 2.23. The molecule has 0 aliphatic rings. The van der Waals surface area contributed by atoms with Crippen molar-refractivity contribution in [1.82, 2.24) is 14.9 Å². The minimum Gasteiger partial charge on any atom is -0.351 e. The van der Waals surface area contributed by atoms with Crippen molar-refractivity contribution >= 4 is 34.6 Å². The maximum absolute atomic E-state index is 12.7. The summed E-state index contributed by atoms with van der Waals surface area (Å²) in [6.45, 7) is 6.12. The van der Waals surface area contributed by atoms with Gasteiger partial charge in [-0.1, -0.05) is 37.7 Å². The molecule has 24 heavy (non-hydrogen) atoms. The third-order valence-corrected chi connectivity index (χ3v) is 4.36. The highest BCUT2D eigenvalue weighted by molar-refractivity contribution is 8.00. The Balaban J connectivity index is 2.45. The van der Waals surface area contributed by atoms with Crippen molar-refractivity contribution in [3.63, 3.8) is 0 Å². The largest absolute Gasteiger partial charge is 0.351 e. The van der Waals surface area contributed by atoms with E-state index in [0.717, 1.165) is 11.8 Å². The molecule has 7 nitrogen and oxygen atoms in total. The van der Waals surface area contributed by atoms with E-state index in [1.54, 1.807) is 35.8 Å².